The van der Waals surface area contributed by atoms with E-state index in [-0.39, 0.29) is 0 Å². The lowest BCUT2D eigenvalue weighted by atomic mass is 10.1. The van der Waals surface area contributed by atoms with Crippen LogP contribution in [0.5, 0.6) is 0 Å². The SMILES string of the molecule is CN1CCN(c2onc(-c3ccccc3)c2CNC2CC2)CC1. The normalized spacial score (nSPS) is 19.3. The lowest BCUT2D eigenvalue weighted by molar-refractivity contribution is 0.300. The number of nitrogens with zero attached hydrogens (tertiary/aromatic N) is 3. The van der Waals surface area contributed by atoms with Gasteiger partial charge in [0.2, 0.25) is 5.88 Å². The van der Waals surface area contributed by atoms with Crippen molar-refractivity contribution >= 4 is 5.88 Å². The minimum absolute atomic E-state index is 0.675. The van der Waals surface area contributed by atoms with E-state index in [9.17, 15) is 0 Å². The lowest BCUT2D eigenvalue weighted by Crippen LogP contribution is -2.44. The molecule has 5 nitrogen and oxygen atoms in total. The first-order valence-corrected chi connectivity index (χ1v) is 8.52. The number of piperazine rings is 1. The lowest BCUT2D eigenvalue weighted by Gasteiger charge is -2.32. The monoisotopic (exact) mass is 312 g/mol. The van der Waals surface area contributed by atoms with Gasteiger partial charge in [0.15, 0.2) is 0 Å². The summed E-state index contributed by atoms with van der Waals surface area (Å²) in [6.07, 6.45) is 2.57. The molecule has 0 spiro atoms. The van der Waals surface area contributed by atoms with E-state index in [1.54, 1.807) is 0 Å². The Morgan fingerprint density at radius 2 is 1.87 bits per heavy atom. The Hall–Kier alpha value is -1.85. The quantitative estimate of drug-likeness (QED) is 0.918. The average molecular weight is 312 g/mol. The van der Waals surface area contributed by atoms with Crippen LogP contribution in [0, 0.1) is 0 Å². The van der Waals surface area contributed by atoms with E-state index in [0.29, 0.717) is 6.04 Å². The van der Waals surface area contributed by atoms with Gasteiger partial charge in [0.1, 0.15) is 5.69 Å². The summed E-state index contributed by atoms with van der Waals surface area (Å²) in [4.78, 5) is 4.69. The molecule has 1 aromatic carbocycles. The van der Waals surface area contributed by atoms with Crippen LogP contribution in [-0.4, -0.2) is 49.3 Å². The van der Waals surface area contributed by atoms with Gasteiger partial charge >= 0.3 is 0 Å². The highest BCUT2D eigenvalue weighted by atomic mass is 16.5. The van der Waals surface area contributed by atoms with E-state index in [1.807, 2.05) is 6.07 Å². The number of benzene rings is 1. The Bertz CT molecular complexity index is 642. The topological polar surface area (TPSA) is 44.5 Å². The predicted molar refractivity (Wildman–Crippen MR) is 91.5 cm³/mol. The number of nitrogens with one attached hydrogen (secondary N) is 1. The molecule has 1 saturated heterocycles. The Labute approximate surface area is 137 Å². The number of hydrogen-bond acceptors (Lipinski definition) is 5. The van der Waals surface area contributed by atoms with E-state index in [2.05, 4.69) is 51.6 Å². The van der Waals surface area contributed by atoms with Crippen molar-refractivity contribution < 1.29 is 4.52 Å². The van der Waals surface area contributed by atoms with Gasteiger partial charge in [-0.15, -0.1) is 0 Å². The summed E-state index contributed by atoms with van der Waals surface area (Å²) in [5.74, 6) is 0.949. The second kappa shape index (κ2) is 6.34. The summed E-state index contributed by atoms with van der Waals surface area (Å²) in [6, 6.07) is 11.0. The maximum Gasteiger partial charge on any atom is 0.232 e. The van der Waals surface area contributed by atoms with Crippen LogP contribution >= 0.6 is 0 Å². The van der Waals surface area contributed by atoms with Crippen molar-refractivity contribution in [2.75, 3.05) is 38.1 Å². The smallest absolute Gasteiger partial charge is 0.232 e. The van der Waals surface area contributed by atoms with Crippen LogP contribution in [-0.2, 0) is 6.54 Å². The second-order valence-corrected chi connectivity index (χ2v) is 6.63. The summed E-state index contributed by atoms with van der Waals surface area (Å²) in [7, 11) is 2.17. The molecule has 1 aliphatic carbocycles. The van der Waals surface area contributed by atoms with E-state index >= 15 is 0 Å². The average Bonchev–Trinajstić information content (AvgIpc) is 3.33. The molecular weight excluding hydrogens is 288 g/mol. The van der Waals surface area contributed by atoms with Crippen molar-refractivity contribution in [3.05, 3.63) is 35.9 Å². The van der Waals surface area contributed by atoms with Gasteiger partial charge in [0.25, 0.3) is 0 Å². The highest BCUT2D eigenvalue weighted by Gasteiger charge is 2.27. The molecule has 5 heteroatoms. The Morgan fingerprint density at radius 3 is 2.57 bits per heavy atom. The molecule has 0 radical (unpaired) electrons. The maximum atomic E-state index is 5.80. The van der Waals surface area contributed by atoms with Gasteiger partial charge in [-0.25, -0.2) is 0 Å². The van der Waals surface area contributed by atoms with E-state index in [0.717, 1.165) is 49.9 Å². The van der Waals surface area contributed by atoms with E-state index in [1.165, 1.54) is 18.4 Å². The fourth-order valence-corrected chi connectivity index (χ4v) is 3.07. The van der Waals surface area contributed by atoms with Gasteiger partial charge in [0, 0.05) is 44.3 Å². The van der Waals surface area contributed by atoms with Crippen molar-refractivity contribution in [1.29, 1.82) is 0 Å². The van der Waals surface area contributed by atoms with Crippen molar-refractivity contribution in [2.24, 2.45) is 0 Å². The van der Waals surface area contributed by atoms with Gasteiger partial charge in [0.05, 0.1) is 5.56 Å². The van der Waals surface area contributed by atoms with Crippen LogP contribution in [0.2, 0.25) is 0 Å². The van der Waals surface area contributed by atoms with Crippen LogP contribution in [0.25, 0.3) is 11.3 Å². The zero-order valence-corrected chi connectivity index (χ0v) is 13.7. The molecule has 122 valence electrons. The molecule has 4 rings (SSSR count). The minimum atomic E-state index is 0.675. The zero-order valence-electron chi connectivity index (χ0n) is 13.7. The van der Waals surface area contributed by atoms with Gasteiger partial charge < -0.3 is 19.6 Å². The molecule has 1 aromatic heterocycles. The number of rotatable bonds is 5. The van der Waals surface area contributed by atoms with Crippen LogP contribution in [0.3, 0.4) is 0 Å². The summed E-state index contributed by atoms with van der Waals surface area (Å²) < 4.78 is 5.80. The molecule has 0 bridgehead atoms. The summed E-state index contributed by atoms with van der Waals surface area (Å²) >= 11 is 0. The number of likely N-dealkylation sites (N-methyl/N-ethyl adjacent to an activating group) is 1. The molecule has 1 saturated carbocycles. The Balaban J connectivity index is 1.63. The standard InChI is InChI=1S/C18H24N4O/c1-21-9-11-22(12-10-21)18-16(13-19-15-7-8-15)17(20-23-18)14-5-3-2-4-6-14/h2-6,15,19H,7-13H2,1H3. The first-order valence-electron chi connectivity index (χ1n) is 8.52. The van der Waals surface area contributed by atoms with Crippen LogP contribution in [0.15, 0.2) is 34.9 Å². The Morgan fingerprint density at radius 1 is 1.13 bits per heavy atom. The summed E-state index contributed by atoms with van der Waals surface area (Å²) in [5.41, 5.74) is 3.31. The highest BCUT2D eigenvalue weighted by Crippen LogP contribution is 2.32. The molecule has 2 fully saturated rings. The molecule has 2 aromatic rings. The molecule has 2 aliphatic rings. The highest BCUT2D eigenvalue weighted by molar-refractivity contribution is 5.68. The Kier molecular flexibility index (Phi) is 4.06. The van der Waals surface area contributed by atoms with Crippen LogP contribution in [0.4, 0.5) is 5.88 Å². The number of anilines is 1. The third kappa shape index (κ3) is 3.26. The van der Waals surface area contributed by atoms with Crippen LogP contribution in [0.1, 0.15) is 18.4 Å². The fourth-order valence-electron chi connectivity index (χ4n) is 3.07. The van der Waals surface area contributed by atoms with Crippen molar-refractivity contribution in [2.45, 2.75) is 25.4 Å². The van der Waals surface area contributed by atoms with E-state index in [4.69, 9.17) is 4.52 Å². The largest absolute Gasteiger partial charge is 0.338 e. The fraction of sp³-hybridized carbons (Fsp3) is 0.500. The van der Waals surface area contributed by atoms with Gasteiger partial charge in [-0.3, -0.25) is 0 Å². The molecule has 1 N–H and O–H groups in total. The maximum absolute atomic E-state index is 5.80. The first kappa shape index (κ1) is 14.7. The molecule has 23 heavy (non-hydrogen) atoms. The molecule has 0 atom stereocenters. The van der Waals surface area contributed by atoms with Crippen molar-refractivity contribution in [3.8, 4) is 11.3 Å². The second-order valence-electron chi connectivity index (χ2n) is 6.63. The summed E-state index contributed by atoms with van der Waals surface area (Å²) in [5, 5.41) is 8.03. The van der Waals surface area contributed by atoms with Crippen molar-refractivity contribution in [3.63, 3.8) is 0 Å². The van der Waals surface area contributed by atoms with Crippen LogP contribution < -0.4 is 10.2 Å². The molecule has 1 aliphatic heterocycles. The van der Waals surface area contributed by atoms with Gasteiger partial charge in [-0.2, -0.15) is 0 Å². The number of aromatic nitrogens is 1. The molecule has 2 heterocycles. The van der Waals surface area contributed by atoms with Gasteiger partial charge in [-0.1, -0.05) is 35.5 Å². The van der Waals surface area contributed by atoms with Gasteiger partial charge in [-0.05, 0) is 19.9 Å². The minimum Gasteiger partial charge on any atom is -0.338 e. The number of hydrogen-bond donors (Lipinski definition) is 1. The van der Waals surface area contributed by atoms with Crippen molar-refractivity contribution in [1.82, 2.24) is 15.4 Å². The zero-order chi connectivity index (χ0) is 15.6. The first-order chi connectivity index (χ1) is 11.3. The molecule has 0 amide bonds. The third-order valence-corrected chi connectivity index (χ3v) is 4.75. The third-order valence-electron chi connectivity index (χ3n) is 4.75. The molecular formula is C18H24N4O. The predicted octanol–water partition coefficient (Wildman–Crippen LogP) is 2.35. The molecule has 0 unspecified atom stereocenters. The summed E-state index contributed by atoms with van der Waals surface area (Å²) in [6.45, 7) is 4.96. The van der Waals surface area contributed by atoms with E-state index < -0.39 is 0 Å².